The molecule has 2 aliphatic carbocycles. The third kappa shape index (κ3) is 2.80. The first-order valence-corrected chi connectivity index (χ1v) is 8.03. The van der Waals surface area contributed by atoms with Crippen LogP contribution in [0.3, 0.4) is 0 Å². The van der Waals surface area contributed by atoms with Gasteiger partial charge in [0.15, 0.2) is 0 Å². The topological polar surface area (TPSA) is 45.4 Å². The van der Waals surface area contributed by atoms with Gasteiger partial charge in [-0.15, -0.1) is 0 Å². The number of fused-ring (bicyclic) bond motifs is 1. The highest BCUT2D eigenvalue weighted by Crippen LogP contribution is 2.48. The van der Waals surface area contributed by atoms with E-state index in [2.05, 4.69) is 25.7 Å². The smallest absolute Gasteiger partial charge is 0.320 e. The summed E-state index contributed by atoms with van der Waals surface area (Å²) in [5.74, 6) is 0. The van der Waals surface area contributed by atoms with Gasteiger partial charge in [0.2, 0.25) is 6.19 Å². The number of nitriles is 1. The second kappa shape index (κ2) is 6.05. The van der Waals surface area contributed by atoms with Crippen LogP contribution in [0, 0.1) is 16.9 Å². The van der Waals surface area contributed by atoms with E-state index in [0.29, 0.717) is 12.8 Å². The lowest BCUT2D eigenvalue weighted by molar-refractivity contribution is -0.172. The van der Waals surface area contributed by atoms with Crippen LogP contribution in [0.15, 0.2) is 27.7 Å². The molecular weight excluding hydrogens is 354 g/mol. The Balaban J connectivity index is 1.87. The van der Waals surface area contributed by atoms with E-state index in [1.807, 2.05) is 24.4 Å². The first kappa shape index (κ1) is 15.6. The van der Waals surface area contributed by atoms with Crippen LogP contribution in [0.2, 0.25) is 0 Å². The van der Waals surface area contributed by atoms with E-state index in [4.69, 9.17) is 5.26 Å². The Bertz CT molecular complexity index is 646. The van der Waals surface area contributed by atoms with Crippen molar-refractivity contribution in [3.05, 3.63) is 33.8 Å². The molecule has 1 fully saturated rings. The van der Waals surface area contributed by atoms with Gasteiger partial charge in [0, 0.05) is 15.5 Å². The lowest BCUT2D eigenvalue weighted by atomic mass is 9.70. The number of halogens is 3. The summed E-state index contributed by atoms with van der Waals surface area (Å²) in [6.07, 6.45) is 4.91. The van der Waals surface area contributed by atoms with E-state index in [1.54, 1.807) is 0 Å². The van der Waals surface area contributed by atoms with Gasteiger partial charge < -0.3 is 4.74 Å². The highest BCUT2D eigenvalue weighted by atomic mass is 79.9. The zero-order valence-electron chi connectivity index (χ0n) is 11.9. The Hall–Kier alpha value is -1.32. The lowest BCUT2D eigenvalue weighted by Gasteiger charge is -2.37. The van der Waals surface area contributed by atoms with Gasteiger partial charge in [0.05, 0.1) is 11.8 Å². The zero-order valence-corrected chi connectivity index (χ0v) is 13.4. The Morgan fingerprint density at radius 2 is 2.09 bits per heavy atom. The van der Waals surface area contributed by atoms with Crippen molar-refractivity contribution in [2.24, 2.45) is 10.4 Å². The van der Waals surface area contributed by atoms with E-state index < -0.39 is 12.7 Å². The fourth-order valence-corrected chi connectivity index (χ4v) is 4.09. The minimum Gasteiger partial charge on any atom is -0.320 e. The van der Waals surface area contributed by atoms with Gasteiger partial charge in [-0.05, 0) is 49.8 Å². The maximum Gasteiger partial charge on any atom is 0.345 e. The van der Waals surface area contributed by atoms with Crippen LogP contribution in [0.1, 0.15) is 36.8 Å². The van der Waals surface area contributed by atoms with E-state index >= 15 is 0 Å². The van der Waals surface area contributed by atoms with Gasteiger partial charge in [-0.2, -0.15) is 19.0 Å². The quantitative estimate of drug-likeness (QED) is 0.724. The second-order valence-corrected chi connectivity index (χ2v) is 6.83. The lowest BCUT2D eigenvalue weighted by Crippen LogP contribution is -2.36. The van der Waals surface area contributed by atoms with Crippen LogP contribution in [0.5, 0.6) is 0 Å². The molecule has 0 aromatic heterocycles. The highest BCUT2D eigenvalue weighted by Gasteiger charge is 2.46. The van der Waals surface area contributed by atoms with Crippen LogP contribution in [0.25, 0.3) is 0 Å². The van der Waals surface area contributed by atoms with E-state index in [-0.39, 0.29) is 5.41 Å². The van der Waals surface area contributed by atoms with Crippen LogP contribution >= 0.6 is 15.9 Å². The van der Waals surface area contributed by atoms with Gasteiger partial charge in [-0.3, -0.25) is 0 Å². The summed E-state index contributed by atoms with van der Waals surface area (Å²) in [6, 6.07) is 6.01. The Labute approximate surface area is 136 Å². The first-order valence-electron chi connectivity index (χ1n) is 7.24. The summed E-state index contributed by atoms with van der Waals surface area (Å²) in [6.45, 7) is -2.72. The molecule has 0 bridgehead atoms. The molecule has 0 atom stereocenters. The molecule has 1 aromatic carbocycles. The second-order valence-electron chi connectivity index (χ2n) is 5.92. The molecule has 0 N–H and O–H groups in total. The molecule has 0 heterocycles. The van der Waals surface area contributed by atoms with Crippen molar-refractivity contribution in [1.82, 2.24) is 0 Å². The molecule has 0 radical (unpaired) electrons. The van der Waals surface area contributed by atoms with E-state index in [1.165, 1.54) is 5.56 Å². The van der Waals surface area contributed by atoms with Gasteiger partial charge in [-0.25, -0.2) is 0 Å². The predicted octanol–water partition coefficient (Wildman–Crippen LogP) is 4.44. The largest absolute Gasteiger partial charge is 0.345 e. The van der Waals surface area contributed by atoms with Crippen LogP contribution in [0.4, 0.5) is 8.78 Å². The number of ether oxygens (including phenoxy) is 1. The molecule has 1 aromatic rings. The zero-order chi connectivity index (χ0) is 15.7. The summed E-state index contributed by atoms with van der Waals surface area (Å²) in [7, 11) is 0. The molecule has 22 heavy (non-hydrogen) atoms. The van der Waals surface area contributed by atoms with Crippen LogP contribution < -0.4 is 0 Å². The third-order valence-corrected chi connectivity index (χ3v) is 5.20. The molecule has 6 heteroatoms. The summed E-state index contributed by atoms with van der Waals surface area (Å²) in [5.41, 5.74) is 2.78. The Morgan fingerprint density at radius 1 is 1.36 bits per heavy atom. The van der Waals surface area contributed by atoms with Crippen molar-refractivity contribution in [3.8, 4) is 6.19 Å². The van der Waals surface area contributed by atoms with E-state index in [0.717, 1.165) is 35.0 Å². The Morgan fingerprint density at radius 3 is 2.73 bits per heavy atom. The molecule has 1 saturated carbocycles. The fraction of sp³-hybridized carbons (Fsp3) is 0.500. The average Bonchev–Trinajstić information content (AvgIpc) is 2.76. The number of benzene rings is 1. The van der Waals surface area contributed by atoms with Crippen molar-refractivity contribution in [2.45, 2.75) is 44.8 Å². The van der Waals surface area contributed by atoms with Crippen molar-refractivity contribution < 1.29 is 13.5 Å². The SMILES string of the molecule is N#CN=C1c2cc(Br)ccc2CC12CCC(OC(F)F)CC2. The molecule has 3 rings (SSSR count). The van der Waals surface area contributed by atoms with Crippen LogP contribution in [-0.2, 0) is 11.2 Å². The third-order valence-electron chi connectivity index (χ3n) is 4.71. The molecule has 3 nitrogen and oxygen atoms in total. The van der Waals surface area contributed by atoms with Crippen molar-refractivity contribution in [1.29, 1.82) is 5.26 Å². The van der Waals surface area contributed by atoms with Crippen molar-refractivity contribution in [2.75, 3.05) is 0 Å². The summed E-state index contributed by atoms with van der Waals surface area (Å²) < 4.78 is 30.3. The summed E-state index contributed by atoms with van der Waals surface area (Å²) >= 11 is 3.45. The summed E-state index contributed by atoms with van der Waals surface area (Å²) in [5, 5.41) is 9.03. The Kier molecular flexibility index (Phi) is 4.28. The monoisotopic (exact) mass is 368 g/mol. The maximum absolute atomic E-state index is 12.4. The normalized spacial score (nSPS) is 29.0. The van der Waals surface area contributed by atoms with Gasteiger partial charge in [0.25, 0.3) is 0 Å². The molecule has 0 amide bonds. The fourth-order valence-electron chi connectivity index (χ4n) is 3.73. The molecule has 0 saturated heterocycles. The number of alkyl halides is 2. The van der Waals surface area contributed by atoms with Crippen molar-refractivity contribution in [3.63, 3.8) is 0 Å². The summed E-state index contributed by atoms with van der Waals surface area (Å²) in [4.78, 5) is 4.08. The van der Waals surface area contributed by atoms with E-state index in [9.17, 15) is 8.78 Å². The number of hydrogen-bond donors (Lipinski definition) is 0. The van der Waals surface area contributed by atoms with Gasteiger partial charge >= 0.3 is 6.61 Å². The molecule has 2 aliphatic rings. The number of hydrogen-bond acceptors (Lipinski definition) is 3. The molecule has 1 spiro atoms. The molecule has 0 aliphatic heterocycles. The minimum atomic E-state index is -2.72. The number of nitrogens with zero attached hydrogens (tertiary/aromatic N) is 2. The predicted molar refractivity (Wildman–Crippen MR) is 81.8 cm³/mol. The molecular formula is C16H15BrF2N2O. The van der Waals surface area contributed by atoms with Gasteiger partial charge in [0.1, 0.15) is 0 Å². The van der Waals surface area contributed by atoms with Crippen molar-refractivity contribution >= 4 is 21.6 Å². The molecule has 116 valence electrons. The average molecular weight is 369 g/mol. The number of rotatable bonds is 2. The van der Waals surface area contributed by atoms with Crippen LogP contribution in [-0.4, -0.2) is 18.4 Å². The van der Waals surface area contributed by atoms with Gasteiger partial charge in [-0.1, -0.05) is 22.0 Å². The maximum atomic E-state index is 12.4. The molecule has 0 unspecified atom stereocenters. The first-order chi connectivity index (χ1) is 10.5. The highest BCUT2D eigenvalue weighted by molar-refractivity contribution is 9.10. The number of aliphatic imine (C=N–C) groups is 1. The minimum absolute atomic E-state index is 0.208. The standard InChI is InChI=1S/C16H15BrF2N2O/c17-11-2-1-10-8-16(14(21-9-20)13(10)7-11)5-3-12(4-6-16)22-15(18)19/h1-2,7,12,15H,3-6,8H2.